The van der Waals surface area contributed by atoms with Crippen molar-refractivity contribution in [3.63, 3.8) is 0 Å². The molecule has 0 aliphatic carbocycles. The predicted octanol–water partition coefficient (Wildman–Crippen LogP) is 4.57. The summed E-state index contributed by atoms with van der Waals surface area (Å²) in [6.07, 6.45) is 1.88. The van der Waals surface area contributed by atoms with E-state index in [1.165, 1.54) is 12.0 Å². The number of aromatic nitrogens is 2. The lowest BCUT2D eigenvalue weighted by Gasteiger charge is -2.35. The molecule has 2 fully saturated rings. The molecule has 4 aromatic rings. The van der Waals surface area contributed by atoms with E-state index in [9.17, 15) is 14.4 Å². The van der Waals surface area contributed by atoms with Crippen LogP contribution in [0.1, 0.15) is 25.5 Å². The Morgan fingerprint density at radius 2 is 1.52 bits per heavy atom. The van der Waals surface area contributed by atoms with E-state index in [-0.39, 0.29) is 11.8 Å². The number of carbonyl (C=O) groups excluding carboxylic acids is 3. The minimum absolute atomic E-state index is 0.376. The highest BCUT2D eigenvalue weighted by Gasteiger charge is 2.70. The monoisotopic (exact) mass is 564 g/mol. The third kappa shape index (κ3) is 4.11. The van der Waals surface area contributed by atoms with Crippen molar-refractivity contribution in [1.82, 2.24) is 15.1 Å². The predicted molar refractivity (Wildman–Crippen MR) is 157 cm³/mol. The van der Waals surface area contributed by atoms with Crippen molar-refractivity contribution < 1.29 is 23.9 Å². The Morgan fingerprint density at radius 1 is 0.881 bits per heavy atom. The number of hydrogen-bond donors (Lipinski definition) is 1. The molecule has 3 heterocycles. The fourth-order valence-electron chi connectivity index (χ4n) is 6.46. The van der Waals surface area contributed by atoms with E-state index in [1.807, 2.05) is 80.7 Å². The molecule has 0 saturated carbocycles. The van der Waals surface area contributed by atoms with Gasteiger partial charge in [-0.05, 0) is 42.3 Å². The minimum Gasteiger partial charge on any atom is -0.497 e. The van der Waals surface area contributed by atoms with Crippen LogP contribution < -0.4 is 15.0 Å². The molecule has 0 radical (unpaired) electrons. The quantitative estimate of drug-likeness (QED) is 0.259. The number of nitrogens with one attached hydrogen (secondary N) is 1. The fourth-order valence-corrected chi connectivity index (χ4v) is 6.46. The van der Waals surface area contributed by atoms with Gasteiger partial charge in [0.05, 0.1) is 43.1 Å². The Balaban J connectivity index is 1.55. The number of benzene rings is 3. The summed E-state index contributed by atoms with van der Waals surface area (Å²) in [6, 6.07) is 25.4. The van der Waals surface area contributed by atoms with Crippen LogP contribution in [-0.2, 0) is 19.1 Å². The Hall–Kier alpha value is -4.76. The summed E-state index contributed by atoms with van der Waals surface area (Å²) in [7, 11) is 2.86. The molecular weight excluding hydrogens is 532 g/mol. The summed E-state index contributed by atoms with van der Waals surface area (Å²) in [4.78, 5) is 43.4. The first-order valence-corrected chi connectivity index (χ1v) is 13.9. The van der Waals surface area contributed by atoms with E-state index in [0.717, 1.165) is 11.3 Å². The van der Waals surface area contributed by atoms with Gasteiger partial charge in [0, 0.05) is 23.4 Å². The largest absolute Gasteiger partial charge is 0.497 e. The van der Waals surface area contributed by atoms with Crippen LogP contribution in [0.2, 0.25) is 0 Å². The van der Waals surface area contributed by atoms with Gasteiger partial charge in [0.15, 0.2) is 0 Å². The number of rotatable bonds is 7. The van der Waals surface area contributed by atoms with Gasteiger partial charge >= 0.3 is 5.97 Å². The van der Waals surface area contributed by atoms with E-state index < -0.39 is 35.3 Å². The third-order valence-corrected chi connectivity index (χ3v) is 8.51. The van der Waals surface area contributed by atoms with Crippen LogP contribution in [-0.4, -0.2) is 47.3 Å². The highest BCUT2D eigenvalue weighted by molar-refractivity contribution is 6.24. The highest BCUT2D eigenvalue weighted by atomic mass is 16.5. The van der Waals surface area contributed by atoms with Crippen LogP contribution in [0, 0.1) is 17.8 Å². The molecule has 0 unspecified atom stereocenters. The van der Waals surface area contributed by atoms with Crippen molar-refractivity contribution in [2.45, 2.75) is 25.4 Å². The van der Waals surface area contributed by atoms with E-state index in [0.29, 0.717) is 22.7 Å². The number of ether oxygens (including phenoxy) is 2. The van der Waals surface area contributed by atoms with Gasteiger partial charge in [-0.1, -0.05) is 62.4 Å². The summed E-state index contributed by atoms with van der Waals surface area (Å²) in [5.74, 6) is -3.05. The first kappa shape index (κ1) is 27.4. The molecule has 0 spiro atoms. The number of hydrogen-bond acceptors (Lipinski definition) is 7. The van der Waals surface area contributed by atoms with Crippen LogP contribution in [0.3, 0.4) is 0 Å². The highest BCUT2D eigenvalue weighted by Crippen LogP contribution is 2.53. The molecule has 1 aromatic heterocycles. The van der Waals surface area contributed by atoms with Gasteiger partial charge in [0.25, 0.3) is 0 Å². The van der Waals surface area contributed by atoms with Crippen LogP contribution in [0.15, 0.2) is 91.1 Å². The molecule has 2 aliphatic heterocycles. The number of methoxy groups -OCH3 is 2. The van der Waals surface area contributed by atoms with Crippen LogP contribution in [0.4, 0.5) is 5.69 Å². The van der Waals surface area contributed by atoms with E-state index in [2.05, 4.69) is 5.32 Å². The number of para-hydroxylation sites is 1. The summed E-state index contributed by atoms with van der Waals surface area (Å²) >= 11 is 0. The maximum atomic E-state index is 14.3. The first-order valence-electron chi connectivity index (χ1n) is 13.9. The van der Waals surface area contributed by atoms with Crippen molar-refractivity contribution >= 4 is 23.5 Å². The van der Waals surface area contributed by atoms with Gasteiger partial charge in [0.2, 0.25) is 11.8 Å². The Labute approximate surface area is 244 Å². The van der Waals surface area contributed by atoms with Crippen molar-refractivity contribution in [3.8, 4) is 22.7 Å². The average Bonchev–Trinajstić information content (AvgIpc) is 3.70. The second-order valence-electron chi connectivity index (χ2n) is 10.9. The van der Waals surface area contributed by atoms with E-state index in [4.69, 9.17) is 14.6 Å². The standard InChI is InChI=1S/C33H32N4O5/c1-20(2)33(32(40)42-4)27-26(30(38)37(31(27)39)23-15-17-24(41-3)18-16-23)29(34-33)25-19-36(22-13-9-6-10-14-22)35-28(25)21-11-7-5-8-12-21/h5-20,26-27,29,34H,1-4H3/t26-,27-,29-,33-/m1/s1. The Kier molecular flexibility index (Phi) is 6.90. The molecule has 214 valence electrons. The van der Waals surface area contributed by atoms with Crippen molar-refractivity contribution in [1.29, 1.82) is 0 Å². The molecule has 42 heavy (non-hydrogen) atoms. The molecule has 2 aliphatic rings. The number of nitrogens with zero attached hydrogens (tertiary/aromatic N) is 3. The van der Waals surface area contributed by atoms with Gasteiger partial charge in [-0.3, -0.25) is 19.7 Å². The lowest BCUT2D eigenvalue weighted by molar-refractivity contribution is -0.154. The first-order chi connectivity index (χ1) is 20.3. The third-order valence-electron chi connectivity index (χ3n) is 8.51. The zero-order valence-corrected chi connectivity index (χ0v) is 23.9. The summed E-state index contributed by atoms with van der Waals surface area (Å²) < 4.78 is 12.4. The zero-order chi connectivity index (χ0) is 29.6. The zero-order valence-electron chi connectivity index (χ0n) is 23.9. The molecule has 0 bridgehead atoms. The maximum Gasteiger partial charge on any atom is 0.327 e. The molecular formula is C33H32N4O5. The fraction of sp³-hybridized carbons (Fsp3) is 0.273. The van der Waals surface area contributed by atoms with Crippen molar-refractivity contribution in [3.05, 3.63) is 96.7 Å². The van der Waals surface area contributed by atoms with Gasteiger partial charge < -0.3 is 9.47 Å². The number of anilines is 1. The summed E-state index contributed by atoms with van der Waals surface area (Å²) in [6.45, 7) is 3.73. The average molecular weight is 565 g/mol. The second-order valence-corrected chi connectivity index (χ2v) is 10.9. The molecule has 1 N–H and O–H groups in total. The minimum atomic E-state index is -1.44. The van der Waals surface area contributed by atoms with Crippen molar-refractivity contribution in [2.24, 2.45) is 17.8 Å². The maximum absolute atomic E-state index is 14.3. The molecule has 2 saturated heterocycles. The lowest BCUT2D eigenvalue weighted by Crippen LogP contribution is -2.59. The normalized spacial score (nSPS) is 23.4. The number of fused-ring (bicyclic) bond motifs is 1. The second kappa shape index (κ2) is 10.6. The number of imide groups is 1. The summed E-state index contributed by atoms with van der Waals surface area (Å²) in [5, 5.41) is 8.43. The van der Waals surface area contributed by atoms with E-state index in [1.54, 1.807) is 36.1 Å². The smallest absolute Gasteiger partial charge is 0.327 e. The molecule has 6 rings (SSSR count). The number of esters is 1. The van der Waals surface area contributed by atoms with Gasteiger partial charge in [-0.15, -0.1) is 0 Å². The molecule has 2 amide bonds. The molecule has 9 heteroatoms. The van der Waals surface area contributed by atoms with Crippen LogP contribution in [0.5, 0.6) is 5.75 Å². The Morgan fingerprint density at radius 3 is 2.12 bits per heavy atom. The van der Waals surface area contributed by atoms with Gasteiger partial charge in [0.1, 0.15) is 11.3 Å². The molecule has 4 atom stereocenters. The SMILES string of the molecule is COC(=O)[C@]1(C(C)C)N[C@H](c2cn(-c3ccccc3)nc2-c2ccccc2)[C@@H]2C(=O)N(c3ccc(OC)cc3)C(=O)[C@@H]21. The van der Waals surface area contributed by atoms with Crippen LogP contribution in [0.25, 0.3) is 16.9 Å². The number of carbonyl (C=O) groups is 3. The molecule has 9 nitrogen and oxygen atoms in total. The van der Waals surface area contributed by atoms with Crippen LogP contribution >= 0.6 is 0 Å². The number of amides is 2. The Bertz CT molecular complexity index is 1630. The van der Waals surface area contributed by atoms with Crippen molar-refractivity contribution in [2.75, 3.05) is 19.1 Å². The lowest BCUT2D eigenvalue weighted by atomic mass is 9.73. The van der Waals surface area contributed by atoms with Gasteiger partial charge in [-0.25, -0.2) is 9.58 Å². The van der Waals surface area contributed by atoms with Gasteiger partial charge in [-0.2, -0.15) is 5.10 Å². The molecule has 3 aromatic carbocycles. The summed E-state index contributed by atoms with van der Waals surface area (Å²) in [5.41, 5.74) is 2.04. The topological polar surface area (TPSA) is 103 Å². The van der Waals surface area contributed by atoms with E-state index >= 15 is 0 Å².